The van der Waals surface area contributed by atoms with Crippen LogP contribution in [0.5, 0.6) is 0 Å². The van der Waals surface area contributed by atoms with Crippen molar-refractivity contribution in [2.45, 2.75) is 18.6 Å². The van der Waals surface area contributed by atoms with Crippen molar-refractivity contribution in [2.24, 2.45) is 0 Å². The number of imidazole rings is 1. The lowest BCUT2D eigenvalue weighted by atomic mass is 10.1. The Kier molecular flexibility index (Phi) is 4.05. The summed E-state index contributed by atoms with van der Waals surface area (Å²) in [4.78, 5) is 30.8. The first-order valence-electron chi connectivity index (χ1n) is 8.24. The SMILES string of the molecule is CCn1c(SCCN2C(=O)c3ccccc3C2=O)nc2ccccc21. The fraction of sp³-hybridized carbons (Fsp3) is 0.211. The average molecular weight is 351 g/mol. The van der Waals surface area contributed by atoms with E-state index in [9.17, 15) is 9.59 Å². The first-order valence-corrected chi connectivity index (χ1v) is 9.22. The number of aryl methyl sites for hydroxylation is 1. The van der Waals surface area contributed by atoms with E-state index >= 15 is 0 Å². The third kappa shape index (κ3) is 2.62. The van der Waals surface area contributed by atoms with Crippen molar-refractivity contribution in [3.8, 4) is 0 Å². The van der Waals surface area contributed by atoms with Crippen LogP contribution in [0.1, 0.15) is 27.6 Å². The Labute approximate surface area is 149 Å². The molecule has 0 bridgehead atoms. The number of nitrogens with zero attached hydrogens (tertiary/aromatic N) is 3. The third-order valence-electron chi connectivity index (χ3n) is 4.36. The number of para-hydroxylation sites is 2. The van der Waals surface area contributed by atoms with Gasteiger partial charge in [-0.15, -0.1) is 0 Å². The quantitative estimate of drug-likeness (QED) is 0.522. The van der Waals surface area contributed by atoms with Crippen molar-refractivity contribution >= 4 is 34.6 Å². The van der Waals surface area contributed by atoms with Crippen LogP contribution in [0, 0.1) is 0 Å². The summed E-state index contributed by atoms with van der Waals surface area (Å²) < 4.78 is 2.16. The first kappa shape index (κ1) is 15.9. The summed E-state index contributed by atoms with van der Waals surface area (Å²) in [7, 11) is 0. The minimum atomic E-state index is -0.204. The van der Waals surface area contributed by atoms with Crippen LogP contribution in [0.2, 0.25) is 0 Å². The standard InChI is InChI=1S/C19H17N3O2S/c1-2-21-16-10-6-5-9-15(16)20-19(21)25-12-11-22-17(23)13-7-3-4-8-14(13)18(22)24/h3-10H,2,11-12H2,1H3. The highest BCUT2D eigenvalue weighted by atomic mass is 32.2. The number of amides is 2. The summed E-state index contributed by atoms with van der Waals surface area (Å²) >= 11 is 1.57. The molecule has 2 aromatic carbocycles. The molecule has 1 aliphatic heterocycles. The van der Waals surface area contributed by atoms with Crippen LogP contribution < -0.4 is 0 Å². The van der Waals surface area contributed by atoms with Crippen LogP contribution in [0.25, 0.3) is 11.0 Å². The van der Waals surface area contributed by atoms with Crippen LogP contribution in [-0.2, 0) is 6.54 Å². The number of hydrogen-bond acceptors (Lipinski definition) is 4. The molecule has 0 aliphatic carbocycles. The van der Waals surface area contributed by atoms with Gasteiger partial charge in [0.25, 0.3) is 11.8 Å². The molecule has 6 heteroatoms. The number of rotatable bonds is 5. The van der Waals surface area contributed by atoms with E-state index in [-0.39, 0.29) is 11.8 Å². The largest absolute Gasteiger partial charge is 0.319 e. The maximum Gasteiger partial charge on any atom is 0.261 e. The molecule has 0 saturated carbocycles. The Bertz CT molecular complexity index is 945. The number of aromatic nitrogens is 2. The topological polar surface area (TPSA) is 55.2 Å². The van der Waals surface area contributed by atoms with Gasteiger partial charge in [-0.2, -0.15) is 0 Å². The van der Waals surface area contributed by atoms with Crippen molar-refractivity contribution in [1.82, 2.24) is 14.5 Å². The number of imide groups is 1. The molecule has 3 aromatic rings. The fourth-order valence-electron chi connectivity index (χ4n) is 3.14. The number of carbonyl (C=O) groups is 2. The lowest BCUT2D eigenvalue weighted by molar-refractivity contribution is 0.0664. The molecule has 0 fully saturated rings. The molecule has 0 spiro atoms. The Morgan fingerprint density at radius 1 is 0.960 bits per heavy atom. The fourth-order valence-corrected chi connectivity index (χ4v) is 4.14. The highest BCUT2D eigenvalue weighted by molar-refractivity contribution is 7.99. The molecule has 1 aliphatic rings. The van der Waals surface area contributed by atoms with Gasteiger partial charge in [-0.25, -0.2) is 4.98 Å². The molecular formula is C19H17N3O2S. The van der Waals surface area contributed by atoms with Crippen molar-refractivity contribution in [3.05, 3.63) is 59.7 Å². The maximum atomic E-state index is 12.4. The Balaban J connectivity index is 1.49. The maximum absolute atomic E-state index is 12.4. The van der Waals surface area contributed by atoms with E-state index in [1.807, 2.05) is 18.2 Å². The normalized spacial score (nSPS) is 13.7. The molecule has 0 saturated heterocycles. The minimum absolute atomic E-state index is 0.204. The smallest absolute Gasteiger partial charge is 0.261 e. The van der Waals surface area contributed by atoms with Crippen molar-refractivity contribution in [2.75, 3.05) is 12.3 Å². The van der Waals surface area contributed by atoms with E-state index in [2.05, 4.69) is 22.5 Å². The summed E-state index contributed by atoms with van der Waals surface area (Å²) in [6.07, 6.45) is 0. The molecule has 126 valence electrons. The number of fused-ring (bicyclic) bond motifs is 2. The molecule has 0 radical (unpaired) electrons. The van der Waals surface area contributed by atoms with E-state index in [0.717, 1.165) is 22.7 Å². The molecule has 0 unspecified atom stereocenters. The minimum Gasteiger partial charge on any atom is -0.319 e. The molecule has 4 rings (SSSR count). The zero-order valence-electron chi connectivity index (χ0n) is 13.8. The van der Waals surface area contributed by atoms with Gasteiger partial charge in [0, 0.05) is 18.8 Å². The van der Waals surface area contributed by atoms with E-state index in [1.54, 1.807) is 36.0 Å². The van der Waals surface area contributed by atoms with Gasteiger partial charge < -0.3 is 4.57 Å². The highest BCUT2D eigenvalue weighted by Gasteiger charge is 2.34. The van der Waals surface area contributed by atoms with Gasteiger partial charge >= 0.3 is 0 Å². The molecule has 0 atom stereocenters. The van der Waals surface area contributed by atoms with E-state index < -0.39 is 0 Å². The van der Waals surface area contributed by atoms with Crippen LogP contribution in [0.15, 0.2) is 53.7 Å². The number of hydrogen-bond donors (Lipinski definition) is 0. The zero-order valence-corrected chi connectivity index (χ0v) is 14.6. The molecule has 0 N–H and O–H groups in total. The molecule has 2 amide bonds. The van der Waals surface area contributed by atoms with Crippen molar-refractivity contribution in [3.63, 3.8) is 0 Å². The molecule has 5 nitrogen and oxygen atoms in total. The van der Waals surface area contributed by atoms with Crippen molar-refractivity contribution < 1.29 is 9.59 Å². The second-order valence-corrected chi connectivity index (χ2v) is 6.85. The van der Waals surface area contributed by atoms with Gasteiger partial charge in [0.05, 0.1) is 22.2 Å². The Morgan fingerprint density at radius 3 is 2.28 bits per heavy atom. The molecule has 25 heavy (non-hydrogen) atoms. The van der Waals surface area contributed by atoms with Crippen LogP contribution in [0.4, 0.5) is 0 Å². The monoisotopic (exact) mass is 351 g/mol. The summed E-state index contributed by atoms with van der Waals surface area (Å²) in [5.74, 6) is 0.213. The Hall–Kier alpha value is -2.60. The van der Waals surface area contributed by atoms with E-state index in [1.165, 1.54) is 4.90 Å². The van der Waals surface area contributed by atoms with Crippen LogP contribution >= 0.6 is 11.8 Å². The summed E-state index contributed by atoms with van der Waals surface area (Å²) in [5, 5.41) is 0.917. The zero-order chi connectivity index (χ0) is 17.4. The predicted octanol–water partition coefficient (Wildman–Crippen LogP) is 3.44. The highest BCUT2D eigenvalue weighted by Crippen LogP contribution is 2.26. The van der Waals surface area contributed by atoms with Gasteiger partial charge in [-0.1, -0.05) is 36.0 Å². The second-order valence-electron chi connectivity index (χ2n) is 5.78. The number of thioether (sulfide) groups is 1. The Morgan fingerprint density at radius 2 is 1.60 bits per heavy atom. The molecule has 1 aromatic heterocycles. The van der Waals surface area contributed by atoms with Crippen LogP contribution in [0.3, 0.4) is 0 Å². The average Bonchev–Trinajstić information content (AvgIpc) is 3.12. The lowest BCUT2D eigenvalue weighted by Crippen LogP contribution is -2.31. The van der Waals surface area contributed by atoms with Crippen LogP contribution in [-0.4, -0.2) is 38.6 Å². The van der Waals surface area contributed by atoms with Gasteiger partial charge in [-0.05, 0) is 31.2 Å². The van der Waals surface area contributed by atoms with Gasteiger partial charge in [0.1, 0.15) is 0 Å². The van der Waals surface area contributed by atoms with Gasteiger partial charge in [-0.3, -0.25) is 14.5 Å². The van der Waals surface area contributed by atoms with Crippen molar-refractivity contribution in [1.29, 1.82) is 0 Å². The van der Waals surface area contributed by atoms with E-state index in [4.69, 9.17) is 0 Å². The molecular weight excluding hydrogens is 334 g/mol. The van der Waals surface area contributed by atoms with Gasteiger partial charge in [0.15, 0.2) is 5.16 Å². The second kappa shape index (κ2) is 6.37. The first-order chi connectivity index (χ1) is 12.2. The molecule has 2 heterocycles. The summed E-state index contributed by atoms with van der Waals surface area (Å²) in [5.41, 5.74) is 3.07. The van der Waals surface area contributed by atoms with Gasteiger partial charge in [0.2, 0.25) is 0 Å². The predicted molar refractivity (Wildman–Crippen MR) is 97.9 cm³/mol. The lowest BCUT2D eigenvalue weighted by Gasteiger charge is -2.13. The summed E-state index contributed by atoms with van der Waals surface area (Å²) in [6, 6.07) is 15.0. The summed E-state index contributed by atoms with van der Waals surface area (Å²) in [6.45, 7) is 3.29. The van der Waals surface area contributed by atoms with E-state index in [0.29, 0.717) is 23.4 Å². The third-order valence-corrected chi connectivity index (χ3v) is 5.32. The number of carbonyl (C=O) groups excluding carboxylic acids is 2. The number of benzene rings is 2.